The van der Waals surface area contributed by atoms with Gasteiger partial charge in [0.15, 0.2) is 0 Å². The van der Waals surface area contributed by atoms with Crippen LogP contribution in [-0.4, -0.2) is 34.5 Å². The van der Waals surface area contributed by atoms with Gasteiger partial charge in [0.25, 0.3) is 0 Å². The van der Waals surface area contributed by atoms with Crippen molar-refractivity contribution >= 4 is 5.95 Å². The van der Waals surface area contributed by atoms with Crippen LogP contribution in [0.3, 0.4) is 0 Å². The Morgan fingerprint density at radius 1 is 1.08 bits per heavy atom. The highest BCUT2D eigenvalue weighted by Crippen LogP contribution is 2.24. The van der Waals surface area contributed by atoms with E-state index in [0.717, 1.165) is 55.2 Å². The topological polar surface area (TPSA) is 32.3 Å². The fraction of sp³-hybridized carbons (Fsp3) is 0.500. The lowest BCUT2D eigenvalue weighted by molar-refractivity contribution is 0.242. The van der Waals surface area contributed by atoms with Crippen LogP contribution >= 0.6 is 0 Å². The second kappa shape index (κ2) is 7.27. The molecule has 2 aliphatic heterocycles. The first kappa shape index (κ1) is 17.3. The maximum Gasteiger partial charge on any atom is 0.225 e. The third kappa shape index (κ3) is 3.85. The monoisotopic (exact) mass is 358 g/mol. The summed E-state index contributed by atoms with van der Waals surface area (Å²) < 4.78 is 26.8. The second-order valence-electron chi connectivity index (χ2n) is 7.55. The molecule has 0 unspecified atom stereocenters. The van der Waals surface area contributed by atoms with Gasteiger partial charge in [-0.2, -0.15) is 0 Å². The van der Waals surface area contributed by atoms with Gasteiger partial charge >= 0.3 is 0 Å². The predicted octanol–water partition coefficient (Wildman–Crippen LogP) is 3.55. The maximum absolute atomic E-state index is 13.4. The van der Waals surface area contributed by atoms with E-state index >= 15 is 0 Å². The molecule has 2 aromatic rings. The largest absolute Gasteiger partial charge is 0.341 e. The molecule has 1 saturated heterocycles. The van der Waals surface area contributed by atoms with Gasteiger partial charge in [-0.1, -0.05) is 6.92 Å². The molecule has 6 heteroatoms. The molecule has 1 aromatic carbocycles. The smallest absolute Gasteiger partial charge is 0.225 e. The molecule has 0 N–H and O–H groups in total. The zero-order valence-electron chi connectivity index (χ0n) is 15.1. The molecule has 138 valence electrons. The van der Waals surface area contributed by atoms with E-state index < -0.39 is 11.6 Å². The van der Waals surface area contributed by atoms with Gasteiger partial charge in [0.2, 0.25) is 5.95 Å². The highest BCUT2D eigenvalue weighted by molar-refractivity contribution is 5.35. The quantitative estimate of drug-likeness (QED) is 0.840. The fourth-order valence-electron chi connectivity index (χ4n) is 3.82. The lowest BCUT2D eigenvalue weighted by Crippen LogP contribution is -2.35. The molecule has 0 atom stereocenters. The lowest BCUT2D eigenvalue weighted by atomic mass is 9.99. The number of hydrogen-bond donors (Lipinski definition) is 0. The van der Waals surface area contributed by atoms with Crippen LogP contribution in [0.15, 0.2) is 24.4 Å². The number of halogens is 2. The predicted molar refractivity (Wildman–Crippen MR) is 96.8 cm³/mol. The van der Waals surface area contributed by atoms with Crippen LogP contribution in [0, 0.1) is 17.6 Å². The Hall–Kier alpha value is -2.08. The molecule has 1 aromatic heterocycles. The molecule has 0 radical (unpaired) electrons. The Labute approximate surface area is 152 Å². The molecule has 26 heavy (non-hydrogen) atoms. The number of hydrogen-bond acceptors (Lipinski definition) is 4. The van der Waals surface area contributed by atoms with Crippen molar-refractivity contribution in [2.75, 3.05) is 24.5 Å². The number of piperidine rings is 1. The number of rotatable bonds is 3. The van der Waals surface area contributed by atoms with Crippen molar-refractivity contribution in [3.05, 3.63) is 52.9 Å². The summed E-state index contributed by atoms with van der Waals surface area (Å²) in [5.41, 5.74) is 2.88. The summed E-state index contributed by atoms with van der Waals surface area (Å²) in [5.74, 6) is 0.573. The summed E-state index contributed by atoms with van der Waals surface area (Å²) in [6.07, 6.45) is 5.15. The number of anilines is 1. The van der Waals surface area contributed by atoms with Gasteiger partial charge in [-0.15, -0.1) is 0 Å². The molecule has 0 aliphatic carbocycles. The molecule has 1 fully saturated rings. The molecule has 2 aliphatic rings. The molecule has 4 rings (SSSR count). The van der Waals surface area contributed by atoms with Crippen LogP contribution in [0.25, 0.3) is 0 Å². The summed E-state index contributed by atoms with van der Waals surface area (Å²) in [4.78, 5) is 13.8. The van der Waals surface area contributed by atoms with Gasteiger partial charge in [0.1, 0.15) is 11.6 Å². The Balaban J connectivity index is 1.44. The summed E-state index contributed by atoms with van der Waals surface area (Å²) in [6.45, 7) is 6.42. The van der Waals surface area contributed by atoms with E-state index in [1.807, 2.05) is 6.20 Å². The second-order valence-corrected chi connectivity index (χ2v) is 7.55. The Bertz CT molecular complexity index is 767. The van der Waals surface area contributed by atoms with Gasteiger partial charge in [-0.25, -0.2) is 18.7 Å². The van der Waals surface area contributed by atoms with Crippen LogP contribution in [0.5, 0.6) is 0 Å². The van der Waals surface area contributed by atoms with E-state index in [-0.39, 0.29) is 0 Å². The summed E-state index contributed by atoms with van der Waals surface area (Å²) >= 11 is 0. The van der Waals surface area contributed by atoms with Crippen molar-refractivity contribution in [2.45, 2.75) is 39.3 Å². The number of nitrogens with zero attached hydrogens (tertiary/aromatic N) is 4. The van der Waals surface area contributed by atoms with Gasteiger partial charge in [0, 0.05) is 57.0 Å². The minimum absolute atomic E-state index is 0.527. The van der Waals surface area contributed by atoms with Crippen LogP contribution in [0.4, 0.5) is 14.7 Å². The van der Waals surface area contributed by atoms with E-state index in [1.54, 1.807) is 0 Å². The van der Waals surface area contributed by atoms with Crippen LogP contribution in [0.2, 0.25) is 0 Å². The van der Waals surface area contributed by atoms with E-state index in [1.165, 1.54) is 25.0 Å². The minimum atomic E-state index is -0.527. The molecule has 3 heterocycles. The van der Waals surface area contributed by atoms with E-state index in [4.69, 9.17) is 4.98 Å². The van der Waals surface area contributed by atoms with Crippen molar-refractivity contribution in [3.63, 3.8) is 0 Å². The highest BCUT2D eigenvalue weighted by atomic mass is 19.1. The Morgan fingerprint density at radius 3 is 2.54 bits per heavy atom. The van der Waals surface area contributed by atoms with Crippen molar-refractivity contribution in [2.24, 2.45) is 5.92 Å². The van der Waals surface area contributed by atoms with E-state index in [0.29, 0.717) is 18.7 Å². The zero-order valence-corrected chi connectivity index (χ0v) is 15.1. The average molecular weight is 358 g/mol. The summed E-state index contributed by atoms with van der Waals surface area (Å²) in [5, 5.41) is 0. The Kier molecular flexibility index (Phi) is 4.85. The zero-order chi connectivity index (χ0) is 18.1. The highest BCUT2D eigenvalue weighted by Gasteiger charge is 2.22. The molecule has 0 spiro atoms. The van der Waals surface area contributed by atoms with Crippen LogP contribution in [-0.2, 0) is 19.5 Å². The van der Waals surface area contributed by atoms with Crippen LogP contribution < -0.4 is 4.90 Å². The molecule has 0 bridgehead atoms. The van der Waals surface area contributed by atoms with Crippen molar-refractivity contribution in [1.29, 1.82) is 0 Å². The molecule has 0 saturated carbocycles. The maximum atomic E-state index is 13.4. The minimum Gasteiger partial charge on any atom is -0.341 e. The van der Waals surface area contributed by atoms with Gasteiger partial charge < -0.3 is 4.90 Å². The summed E-state index contributed by atoms with van der Waals surface area (Å²) in [7, 11) is 0. The van der Waals surface area contributed by atoms with E-state index in [2.05, 4.69) is 21.7 Å². The first-order valence-electron chi connectivity index (χ1n) is 9.34. The van der Waals surface area contributed by atoms with Gasteiger partial charge in [-0.05, 0) is 36.5 Å². The summed E-state index contributed by atoms with van der Waals surface area (Å²) in [6, 6.07) is 3.71. The fourth-order valence-corrected chi connectivity index (χ4v) is 3.82. The average Bonchev–Trinajstić information content (AvgIpc) is 2.61. The third-order valence-electron chi connectivity index (χ3n) is 5.40. The van der Waals surface area contributed by atoms with Crippen molar-refractivity contribution in [3.8, 4) is 0 Å². The van der Waals surface area contributed by atoms with Crippen molar-refractivity contribution in [1.82, 2.24) is 14.9 Å². The van der Waals surface area contributed by atoms with E-state index in [9.17, 15) is 8.78 Å². The van der Waals surface area contributed by atoms with Crippen molar-refractivity contribution < 1.29 is 8.78 Å². The first-order chi connectivity index (χ1) is 12.6. The standard InChI is InChI=1S/C20H24F2N4/c1-14-2-6-26(7-3-14)20-23-11-16-13-25(5-4-19(16)24-20)12-15-8-17(21)10-18(22)9-15/h8-11,14H,2-7,12-13H2,1H3. The molecule has 0 amide bonds. The lowest BCUT2D eigenvalue weighted by Gasteiger charge is -2.32. The number of aromatic nitrogens is 2. The number of fused-ring (bicyclic) bond motifs is 1. The molecular formula is C20H24F2N4. The molecular weight excluding hydrogens is 334 g/mol. The third-order valence-corrected chi connectivity index (χ3v) is 5.40. The Morgan fingerprint density at radius 2 is 1.81 bits per heavy atom. The molecule has 4 nitrogen and oxygen atoms in total. The van der Waals surface area contributed by atoms with Crippen LogP contribution in [0.1, 0.15) is 36.6 Å². The SMILES string of the molecule is CC1CCN(c2ncc3c(n2)CCN(Cc2cc(F)cc(F)c2)C3)CC1. The normalized spacial score (nSPS) is 18.8. The van der Waals surface area contributed by atoms with Gasteiger partial charge in [-0.3, -0.25) is 4.90 Å². The van der Waals surface area contributed by atoms with Gasteiger partial charge in [0.05, 0.1) is 5.69 Å². The first-order valence-corrected chi connectivity index (χ1v) is 9.34. The number of benzene rings is 1.